The van der Waals surface area contributed by atoms with Crippen LogP contribution in [0.4, 0.5) is 0 Å². The van der Waals surface area contributed by atoms with Crippen molar-refractivity contribution in [2.75, 3.05) is 6.79 Å². The lowest BCUT2D eigenvalue weighted by Gasteiger charge is -2.25. The molecule has 9 nitrogen and oxygen atoms in total. The van der Waals surface area contributed by atoms with Crippen LogP contribution in [0.1, 0.15) is 67.6 Å². The summed E-state index contributed by atoms with van der Waals surface area (Å²) in [6.45, 7) is 3.99. The van der Waals surface area contributed by atoms with Crippen molar-refractivity contribution in [2.45, 2.75) is 71.1 Å². The van der Waals surface area contributed by atoms with Crippen LogP contribution in [-0.2, 0) is 26.1 Å². The quantitative estimate of drug-likeness (QED) is 0.380. The Morgan fingerprint density at radius 1 is 0.973 bits per heavy atom. The summed E-state index contributed by atoms with van der Waals surface area (Å²) >= 11 is 0. The standard InChI is InChI=1S/C28H32N6O3/c1-2-19-8-10-24-21(12-19)14-22(28(35)29-24)16-33(15-20-9-11-25-26(13-20)37-18-36-25)17-27-30-31-32-34(27)23-6-4-3-5-7-23/h8-14,23H,2-7,15-18H2,1H3,(H,29,35). The SMILES string of the molecule is CCc1ccc2[nH]c(=O)c(CN(Cc3ccc4c(c3)OCO4)Cc3nnnn3C3CCCCC3)cc2c1. The van der Waals surface area contributed by atoms with Gasteiger partial charge in [0.05, 0.1) is 12.6 Å². The third kappa shape index (κ3) is 5.09. The van der Waals surface area contributed by atoms with Gasteiger partial charge < -0.3 is 14.5 Å². The topological polar surface area (TPSA) is 98.2 Å². The number of aromatic nitrogens is 5. The number of aryl methyl sites for hydroxylation is 1. The van der Waals surface area contributed by atoms with E-state index in [0.29, 0.717) is 25.7 Å². The molecule has 0 bridgehead atoms. The van der Waals surface area contributed by atoms with Crippen molar-refractivity contribution in [3.8, 4) is 11.5 Å². The molecule has 6 rings (SSSR count). The molecule has 9 heteroatoms. The molecule has 192 valence electrons. The highest BCUT2D eigenvalue weighted by atomic mass is 16.7. The third-order valence-corrected chi connectivity index (χ3v) is 7.48. The van der Waals surface area contributed by atoms with E-state index in [0.717, 1.165) is 58.6 Å². The minimum absolute atomic E-state index is 0.0701. The molecular weight excluding hydrogens is 468 g/mol. The van der Waals surface area contributed by atoms with Crippen LogP contribution in [-0.4, -0.2) is 36.9 Å². The van der Waals surface area contributed by atoms with E-state index in [1.165, 1.54) is 24.8 Å². The fourth-order valence-corrected chi connectivity index (χ4v) is 5.47. The minimum Gasteiger partial charge on any atom is -0.454 e. The first-order chi connectivity index (χ1) is 18.2. The number of tetrazole rings is 1. The molecule has 0 atom stereocenters. The number of nitrogens with one attached hydrogen (secondary N) is 1. The molecule has 3 heterocycles. The second-order valence-electron chi connectivity index (χ2n) is 10.1. The van der Waals surface area contributed by atoms with E-state index in [1.807, 2.05) is 35.0 Å². The van der Waals surface area contributed by atoms with Gasteiger partial charge in [-0.05, 0) is 76.5 Å². The first kappa shape index (κ1) is 23.7. The highest BCUT2D eigenvalue weighted by Crippen LogP contribution is 2.33. The second-order valence-corrected chi connectivity index (χ2v) is 10.1. The molecule has 0 amide bonds. The molecule has 2 aromatic heterocycles. The van der Waals surface area contributed by atoms with Gasteiger partial charge in [0, 0.05) is 24.2 Å². The van der Waals surface area contributed by atoms with Crippen LogP contribution in [0.15, 0.2) is 47.3 Å². The number of ether oxygens (including phenoxy) is 2. The first-order valence-electron chi connectivity index (χ1n) is 13.2. The molecule has 4 aromatic rings. The summed E-state index contributed by atoms with van der Waals surface area (Å²) < 4.78 is 13.1. The molecule has 0 spiro atoms. The Hall–Kier alpha value is -3.72. The van der Waals surface area contributed by atoms with Gasteiger partial charge in [0.25, 0.3) is 5.56 Å². The average Bonchev–Trinajstić information content (AvgIpc) is 3.58. The molecule has 2 aromatic carbocycles. The number of fused-ring (bicyclic) bond motifs is 2. The van der Waals surface area contributed by atoms with Gasteiger partial charge in [-0.25, -0.2) is 4.68 Å². The largest absolute Gasteiger partial charge is 0.454 e. The monoisotopic (exact) mass is 500 g/mol. The molecule has 1 aliphatic heterocycles. The average molecular weight is 501 g/mol. The maximum atomic E-state index is 13.1. The van der Waals surface area contributed by atoms with Gasteiger partial charge in [-0.1, -0.05) is 38.3 Å². The number of aromatic amines is 1. The van der Waals surface area contributed by atoms with E-state index in [1.54, 1.807) is 0 Å². The molecule has 1 N–H and O–H groups in total. The summed E-state index contributed by atoms with van der Waals surface area (Å²) in [6.07, 6.45) is 6.84. The number of hydrogen-bond donors (Lipinski definition) is 1. The van der Waals surface area contributed by atoms with Crippen molar-refractivity contribution < 1.29 is 9.47 Å². The highest BCUT2D eigenvalue weighted by Gasteiger charge is 2.23. The Morgan fingerprint density at radius 3 is 2.68 bits per heavy atom. The van der Waals surface area contributed by atoms with Crippen LogP contribution in [0.2, 0.25) is 0 Å². The summed E-state index contributed by atoms with van der Waals surface area (Å²) in [4.78, 5) is 18.4. The highest BCUT2D eigenvalue weighted by molar-refractivity contribution is 5.79. The minimum atomic E-state index is -0.0701. The lowest BCUT2D eigenvalue weighted by atomic mass is 9.95. The zero-order valence-electron chi connectivity index (χ0n) is 21.2. The van der Waals surface area contributed by atoms with Crippen molar-refractivity contribution >= 4 is 10.9 Å². The predicted octanol–water partition coefficient (Wildman–Crippen LogP) is 4.51. The van der Waals surface area contributed by atoms with Crippen LogP contribution in [0.25, 0.3) is 10.9 Å². The number of nitrogens with zero attached hydrogens (tertiary/aromatic N) is 5. The van der Waals surface area contributed by atoms with Crippen LogP contribution >= 0.6 is 0 Å². The number of H-pyrrole nitrogens is 1. The van der Waals surface area contributed by atoms with Gasteiger partial charge in [-0.15, -0.1) is 5.10 Å². The molecule has 0 saturated heterocycles. The van der Waals surface area contributed by atoms with Crippen molar-refractivity contribution in [1.82, 2.24) is 30.1 Å². The van der Waals surface area contributed by atoms with Crippen LogP contribution < -0.4 is 15.0 Å². The van der Waals surface area contributed by atoms with Gasteiger partial charge in [0.2, 0.25) is 6.79 Å². The van der Waals surface area contributed by atoms with Gasteiger partial charge in [0.15, 0.2) is 17.3 Å². The van der Waals surface area contributed by atoms with Crippen LogP contribution in [0.5, 0.6) is 11.5 Å². The predicted molar refractivity (Wildman–Crippen MR) is 139 cm³/mol. The number of rotatable bonds is 8. The van der Waals surface area contributed by atoms with Crippen molar-refractivity contribution in [2.24, 2.45) is 0 Å². The van der Waals surface area contributed by atoms with Crippen molar-refractivity contribution in [1.29, 1.82) is 0 Å². The van der Waals surface area contributed by atoms with Crippen molar-refractivity contribution in [3.63, 3.8) is 0 Å². The van der Waals surface area contributed by atoms with E-state index in [4.69, 9.17) is 9.47 Å². The molecular formula is C28H32N6O3. The summed E-state index contributed by atoms with van der Waals surface area (Å²) in [5.74, 6) is 2.34. The molecule has 1 saturated carbocycles. The fraction of sp³-hybridized carbons (Fsp3) is 0.429. The van der Waals surface area contributed by atoms with Crippen LogP contribution in [0.3, 0.4) is 0 Å². The Kier molecular flexibility index (Phi) is 6.61. The van der Waals surface area contributed by atoms with Gasteiger partial charge in [0.1, 0.15) is 0 Å². The zero-order valence-corrected chi connectivity index (χ0v) is 21.2. The molecule has 0 radical (unpaired) electrons. The van der Waals surface area contributed by atoms with Gasteiger partial charge in [-0.3, -0.25) is 9.69 Å². The normalized spacial score (nSPS) is 15.6. The lowest BCUT2D eigenvalue weighted by Crippen LogP contribution is -2.29. The van der Waals surface area contributed by atoms with Gasteiger partial charge >= 0.3 is 0 Å². The third-order valence-electron chi connectivity index (χ3n) is 7.48. The van der Waals surface area contributed by atoms with Crippen molar-refractivity contribution in [3.05, 3.63) is 75.3 Å². The maximum absolute atomic E-state index is 13.1. The Bertz CT molecular complexity index is 1460. The summed E-state index contributed by atoms with van der Waals surface area (Å²) in [5, 5.41) is 13.8. The summed E-state index contributed by atoms with van der Waals surface area (Å²) in [6, 6.07) is 14.6. The molecule has 37 heavy (non-hydrogen) atoms. The fourth-order valence-electron chi connectivity index (χ4n) is 5.47. The number of hydrogen-bond acceptors (Lipinski definition) is 7. The Balaban J connectivity index is 1.31. The van der Waals surface area contributed by atoms with Gasteiger partial charge in [-0.2, -0.15) is 0 Å². The molecule has 1 aliphatic carbocycles. The van der Waals surface area contributed by atoms with E-state index in [2.05, 4.69) is 44.5 Å². The second kappa shape index (κ2) is 10.3. The van der Waals surface area contributed by atoms with E-state index >= 15 is 0 Å². The van der Waals surface area contributed by atoms with E-state index in [-0.39, 0.29) is 12.4 Å². The first-order valence-corrected chi connectivity index (χ1v) is 13.2. The lowest BCUT2D eigenvalue weighted by molar-refractivity contribution is 0.174. The number of pyridine rings is 1. The maximum Gasteiger partial charge on any atom is 0.252 e. The molecule has 1 fully saturated rings. The number of benzene rings is 2. The molecule has 0 unspecified atom stereocenters. The van der Waals surface area contributed by atoms with Crippen LogP contribution in [0, 0.1) is 0 Å². The smallest absolute Gasteiger partial charge is 0.252 e. The van der Waals surface area contributed by atoms with E-state index < -0.39 is 0 Å². The summed E-state index contributed by atoms with van der Waals surface area (Å²) in [7, 11) is 0. The van der Waals surface area contributed by atoms with E-state index in [9.17, 15) is 4.79 Å². The Morgan fingerprint density at radius 2 is 1.81 bits per heavy atom. The Labute approximate surface area is 215 Å². The zero-order chi connectivity index (χ0) is 25.2. The summed E-state index contributed by atoms with van der Waals surface area (Å²) in [5.41, 5.74) is 3.83. The molecule has 2 aliphatic rings.